The predicted molar refractivity (Wildman–Crippen MR) is 174 cm³/mol. The van der Waals surface area contributed by atoms with Gasteiger partial charge in [0, 0.05) is 69.5 Å². The fourth-order valence-corrected chi connectivity index (χ4v) is 7.22. The van der Waals surface area contributed by atoms with E-state index in [1.54, 1.807) is 0 Å². The van der Waals surface area contributed by atoms with Crippen LogP contribution in [0.25, 0.3) is 39.3 Å². The fourth-order valence-electron chi connectivity index (χ4n) is 7.22. The van der Waals surface area contributed by atoms with Gasteiger partial charge in [0.2, 0.25) is 0 Å². The molecule has 4 heterocycles. The van der Waals surface area contributed by atoms with E-state index in [-0.39, 0.29) is 29.3 Å². The predicted octanol–water partition coefficient (Wildman–Crippen LogP) is 9.15. The lowest BCUT2D eigenvalue weighted by Crippen LogP contribution is -2.11. The van der Waals surface area contributed by atoms with Gasteiger partial charge in [-0.15, -0.1) is 0 Å². The van der Waals surface area contributed by atoms with Crippen molar-refractivity contribution in [3.8, 4) is 0 Å². The highest BCUT2D eigenvalue weighted by Gasteiger charge is 2.36. The lowest BCUT2D eigenvalue weighted by atomic mass is 9.84. The summed E-state index contributed by atoms with van der Waals surface area (Å²) >= 11 is 0. The highest BCUT2D eigenvalue weighted by Crippen LogP contribution is 2.45. The Hall–Kier alpha value is -3.99. The quantitative estimate of drug-likeness (QED) is 0.316. The minimum absolute atomic E-state index is 0.00447. The number of fused-ring (bicyclic) bond motifs is 8. The van der Waals surface area contributed by atoms with Crippen LogP contribution in [0.2, 0.25) is 0 Å². The second-order valence-electron chi connectivity index (χ2n) is 12.6. The van der Waals surface area contributed by atoms with E-state index in [0.29, 0.717) is 12.8 Å². The van der Waals surface area contributed by atoms with Crippen molar-refractivity contribution in [3.05, 3.63) is 81.2 Å². The third kappa shape index (κ3) is 4.33. The van der Waals surface area contributed by atoms with E-state index >= 15 is 0 Å². The molecule has 2 N–H and O–H groups in total. The molecule has 216 valence electrons. The van der Waals surface area contributed by atoms with Crippen molar-refractivity contribution in [2.45, 2.75) is 86.0 Å². The Labute approximate surface area is 248 Å². The van der Waals surface area contributed by atoms with Gasteiger partial charge in [0.25, 0.3) is 0 Å². The van der Waals surface area contributed by atoms with Crippen LogP contribution >= 0.6 is 0 Å². The van der Waals surface area contributed by atoms with Crippen molar-refractivity contribution in [2.75, 3.05) is 0 Å². The second-order valence-corrected chi connectivity index (χ2v) is 12.6. The van der Waals surface area contributed by atoms with Crippen molar-refractivity contribution in [2.24, 2.45) is 5.92 Å². The number of hydrogen-bond acceptors (Lipinski definition) is 3. The van der Waals surface area contributed by atoms with Gasteiger partial charge in [-0.1, -0.05) is 40.3 Å². The first-order valence-corrected chi connectivity index (χ1v) is 15.3. The zero-order chi connectivity index (χ0) is 30.0. The standard InChI is InChI=1S/C37H41N3O2/c1-9-25-19(5)23-13-24(25)15-29-22(8)35-34(42)16-28(37(35)40-29)36-27(11-12-33(41)18(3)4)21(7)31(39-36)17-30-20(6)26(10-2)32(14-23)38-30/h10,13-15,17-18,21,27,38,40H,2,9,11-12,16H2,1,3-8H3. The minimum atomic E-state index is 0.00447. The molecule has 0 fully saturated rings. The maximum atomic E-state index is 13.5. The number of carbonyl (C=O) groups excluding carboxylic acids is 2. The van der Waals surface area contributed by atoms with Gasteiger partial charge in [0.1, 0.15) is 5.78 Å². The van der Waals surface area contributed by atoms with Crippen molar-refractivity contribution >= 4 is 50.9 Å². The number of nitrogens with one attached hydrogen (secondary N) is 2. The van der Waals surface area contributed by atoms with E-state index in [9.17, 15) is 9.59 Å². The number of H-pyrrole nitrogens is 2. The average Bonchev–Trinajstić information content (AvgIpc) is 3.70. The molecule has 6 rings (SSSR count). The first-order chi connectivity index (χ1) is 20.0. The molecule has 1 aliphatic heterocycles. The van der Waals surface area contributed by atoms with Crippen molar-refractivity contribution in [1.29, 1.82) is 0 Å². The lowest BCUT2D eigenvalue weighted by molar-refractivity contribution is -0.122. The number of hydrogen-bond donors (Lipinski definition) is 2. The molecule has 5 heteroatoms. The summed E-state index contributed by atoms with van der Waals surface area (Å²) in [7, 11) is 0. The third-order valence-electron chi connectivity index (χ3n) is 9.89. The first-order valence-electron chi connectivity index (χ1n) is 15.3. The average molecular weight is 560 g/mol. The fraction of sp³-hybridized carbons (Fsp3) is 0.378. The summed E-state index contributed by atoms with van der Waals surface area (Å²) in [5.74, 6) is 0.586. The van der Waals surface area contributed by atoms with Gasteiger partial charge < -0.3 is 9.97 Å². The van der Waals surface area contributed by atoms with Crippen LogP contribution in [0.15, 0.2) is 30.8 Å². The van der Waals surface area contributed by atoms with Crippen molar-refractivity contribution < 1.29 is 9.59 Å². The molecule has 0 spiro atoms. The number of aromatic amines is 2. The van der Waals surface area contributed by atoms with Gasteiger partial charge in [0.15, 0.2) is 5.78 Å². The SMILES string of the molecule is C=Cc1c(C)c2cc3nc(c4c5[nH]c(cc6cc(cc1[nH]2)C(C)=C6CC)c(C)c5C(=O)C4)C(CCC(=O)C(C)C)C3C. The molecule has 5 nitrogen and oxygen atoms in total. The van der Waals surface area contributed by atoms with Crippen LogP contribution in [0, 0.1) is 19.8 Å². The Bertz CT molecular complexity index is 1880. The maximum absolute atomic E-state index is 13.5. The summed E-state index contributed by atoms with van der Waals surface area (Å²) in [5.41, 5.74) is 15.8. The summed E-state index contributed by atoms with van der Waals surface area (Å²) in [5, 5.41) is 0. The molecule has 3 aliphatic rings. The van der Waals surface area contributed by atoms with Crippen LogP contribution in [0.1, 0.15) is 121 Å². The normalized spacial score (nSPS) is 18.0. The van der Waals surface area contributed by atoms with Crippen LogP contribution in [-0.2, 0) is 11.2 Å². The van der Waals surface area contributed by atoms with Crippen LogP contribution in [-0.4, -0.2) is 26.5 Å². The lowest BCUT2D eigenvalue weighted by Gasteiger charge is -2.17. The number of carbonyl (C=O) groups is 2. The summed E-state index contributed by atoms with van der Waals surface area (Å²) in [4.78, 5) is 38.8. The molecular formula is C37H41N3O2. The Kier molecular flexibility index (Phi) is 6.95. The Morgan fingerprint density at radius 1 is 1.05 bits per heavy atom. The largest absolute Gasteiger partial charge is 0.355 e. The molecule has 3 aromatic heterocycles. The van der Waals surface area contributed by atoms with E-state index in [2.05, 4.69) is 68.5 Å². The molecule has 8 bridgehead atoms. The van der Waals surface area contributed by atoms with E-state index in [4.69, 9.17) is 4.98 Å². The highest BCUT2D eigenvalue weighted by atomic mass is 16.1. The van der Waals surface area contributed by atoms with Crippen molar-refractivity contribution in [3.63, 3.8) is 0 Å². The van der Waals surface area contributed by atoms with Gasteiger partial charge in [-0.3, -0.25) is 14.6 Å². The molecular weight excluding hydrogens is 518 g/mol. The zero-order valence-corrected chi connectivity index (χ0v) is 25.9. The second kappa shape index (κ2) is 10.4. The Morgan fingerprint density at radius 2 is 1.76 bits per heavy atom. The summed E-state index contributed by atoms with van der Waals surface area (Å²) < 4.78 is 0. The van der Waals surface area contributed by atoms with Gasteiger partial charge in [-0.05, 0) is 91.3 Å². The molecule has 0 saturated heterocycles. The van der Waals surface area contributed by atoms with Gasteiger partial charge >= 0.3 is 0 Å². The van der Waals surface area contributed by atoms with Crippen LogP contribution in [0.4, 0.5) is 0 Å². The van der Waals surface area contributed by atoms with Gasteiger partial charge in [0.05, 0.1) is 11.2 Å². The number of Topliss-reactive ketones (excluding diaryl/α,β-unsaturated/α-hetero) is 2. The van der Waals surface area contributed by atoms with Gasteiger partial charge in [-0.25, -0.2) is 0 Å². The topological polar surface area (TPSA) is 78.6 Å². The molecule has 0 amide bonds. The van der Waals surface area contributed by atoms with Crippen LogP contribution in [0.3, 0.4) is 0 Å². The molecule has 0 radical (unpaired) electrons. The number of rotatable bonds is 6. The van der Waals surface area contributed by atoms with Gasteiger partial charge in [-0.2, -0.15) is 0 Å². The molecule has 0 aromatic carbocycles. The Balaban J connectivity index is 1.72. The summed E-state index contributed by atoms with van der Waals surface area (Å²) in [6.45, 7) is 18.8. The number of ketones is 2. The van der Waals surface area contributed by atoms with Crippen LogP contribution in [0.5, 0.6) is 0 Å². The third-order valence-corrected chi connectivity index (χ3v) is 9.89. The van der Waals surface area contributed by atoms with E-state index < -0.39 is 0 Å². The molecule has 3 aromatic rings. The molecule has 2 aliphatic carbocycles. The molecule has 42 heavy (non-hydrogen) atoms. The maximum Gasteiger partial charge on any atom is 0.169 e. The highest BCUT2D eigenvalue weighted by molar-refractivity contribution is 6.13. The number of nitrogens with zero attached hydrogens (tertiary/aromatic N) is 1. The van der Waals surface area contributed by atoms with Crippen molar-refractivity contribution in [1.82, 2.24) is 15.0 Å². The summed E-state index contributed by atoms with van der Waals surface area (Å²) in [6, 6.07) is 8.86. The number of aryl methyl sites for hydroxylation is 2. The van der Waals surface area contributed by atoms with Crippen LogP contribution < -0.4 is 0 Å². The molecule has 2 atom stereocenters. The van der Waals surface area contributed by atoms with E-state index in [0.717, 1.165) is 74.1 Å². The smallest absolute Gasteiger partial charge is 0.169 e. The minimum Gasteiger partial charge on any atom is -0.355 e. The van der Waals surface area contributed by atoms with E-state index in [1.807, 2.05) is 26.8 Å². The molecule has 0 saturated carbocycles. The molecule has 2 unspecified atom stereocenters. The summed E-state index contributed by atoms with van der Waals surface area (Å²) in [6.07, 6.45) is 4.42. The number of aromatic nitrogens is 3. The van der Waals surface area contributed by atoms with E-state index in [1.165, 1.54) is 22.3 Å². The Morgan fingerprint density at radius 3 is 2.45 bits per heavy atom. The zero-order valence-electron chi connectivity index (χ0n) is 25.9. The monoisotopic (exact) mass is 559 g/mol. The first kappa shape index (κ1) is 28.1. The number of allylic oxidation sites excluding steroid dienone is 2.